The van der Waals surface area contributed by atoms with E-state index in [9.17, 15) is 14.4 Å². The summed E-state index contributed by atoms with van der Waals surface area (Å²) in [4.78, 5) is 35.6. The van der Waals surface area contributed by atoms with Crippen LogP contribution < -0.4 is 11.1 Å². The molecule has 2 aromatic carbocycles. The minimum absolute atomic E-state index is 0.0593. The Kier molecular flexibility index (Phi) is 5.54. The van der Waals surface area contributed by atoms with Crippen molar-refractivity contribution in [2.45, 2.75) is 26.9 Å². The van der Waals surface area contributed by atoms with Gasteiger partial charge >= 0.3 is 5.97 Å². The normalized spacial score (nSPS) is 11.5. The van der Waals surface area contributed by atoms with Crippen molar-refractivity contribution in [2.24, 2.45) is 0 Å². The van der Waals surface area contributed by atoms with Gasteiger partial charge in [-0.05, 0) is 56.7 Å². The Morgan fingerprint density at radius 1 is 1.08 bits per heavy atom. The van der Waals surface area contributed by atoms with Crippen LogP contribution in [0.15, 0.2) is 42.5 Å². The van der Waals surface area contributed by atoms with Gasteiger partial charge < -0.3 is 15.8 Å². The zero-order valence-corrected chi connectivity index (χ0v) is 14.3. The Labute approximate surface area is 146 Å². The number of ether oxygens (including phenoxy) is 1. The Balaban J connectivity index is 2.01. The molecule has 0 heterocycles. The van der Waals surface area contributed by atoms with Gasteiger partial charge in [-0.3, -0.25) is 9.59 Å². The maximum absolute atomic E-state index is 12.2. The maximum Gasteiger partial charge on any atom is 0.341 e. The number of hydrogen-bond donors (Lipinski definition) is 2. The molecule has 2 rings (SSSR count). The van der Waals surface area contributed by atoms with Crippen LogP contribution in [0.3, 0.4) is 0 Å². The summed E-state index contributed by atoms with van der Waals surface area (Å²) >= 11 is 0. The van der Waals surface area contributed by atoms with Gasteiger partial charge in [0.15, 0.2) is 11.9 Å². The van der Waals surface area contributed by atoms with E-state index in [1.807, 2.05) is 0 Å². The van der Waals surface area contributed by atoms with Crippen molar-refractivity contribution in [3.05, 3.63) is 59.2 Å². The van der Waals surface area contributed by atoms with Crippen LogP contribution in [0.25, 0.3) is 0 Å². The fourth-order valence-electron chi connectivity index (χ4n) is 2.17. The third-order valence-corrected chi connectivity index (χ3v) is 3.76. The molecule has 0 saturated carbocycles. The van der Waals surface area contributed by atoms with E-state index in [2.05, 4.69) is 5.32 Å². The molecule has 0 aliphatic rings. The van der Waals surface area contributed by atoms with Crippen LogP contribution in [-0.2, 0) is 9.53 Å². The number of carbonyl (C=O) groups is 3. The number of ketones is 1. The molecule has 0 spiro atoms. The molecule has 1 amide bonds. The van der Waals surface area contributed by atoms with Crippen molar-refractivity contribution >= 4 is 29.0 Å². The zero-order valence-electron chi connectivity index (χ0n) is 14.3. The van der Waals surface area contributed by atoms with E-state index in [1.54, 1.807) is 49.4 Å². The number of para-hydroxylation sites is 1. The number of amides is 1. The number of nitrogen functional groups attached to an aromatic ring is 1. The first-order valence-corrected chi connectivity index (χ1v) is 7.77. The smallest absolute Gasteiger partial charge is 0.341 e. The van der Waals surface area contributed by atoms with E-state index >= 15 is 0 Å². The molecule has 3 N–H and O–H groups in total. The van der Waals surface area contributed by atoms with Gasteiger partial charge in [-0.2, -0.15) is 0 Å². The van der Waals surface area contributed by atoms with Gasteiger partial charge in [-0.25, -0.2) is 4.79 Å². The minimum atomic E-state index is -1.00. The molecule has 0 aromatic heterocycles. The van der Waals surface area contributed by atoms with Crippen LogP contribution in [0.2, 0.25) is 0 Å². The second kappa shape index (κ2) is 7.61. The van der Waals surface area contributed by atoms with Crippen molar-refractivity contribution in [1.29, 1.82) is 0 Å². The first kappa shape index (κ1) is 18.2. The highest BCUT2D eigenvalue weighted by Gasteiger charge is 2.21. The minimum Gasteiger partial charge on any atom is -0.449 e. The van der Waals surface area contributed by atoms with Crippen molar-refractivity contribution < 1.29 is 19.1 Å². The molecular weight excluding hydrogens is 320 g/mol. The molecule has 25 heavy (non-hydrogen) atoms. The van der Waals surface area contributed by atoms with E-state index in [0.717, 1.165) is 5.56 Å². The van der Waals surface area contributed by atoms with Crippen LogP contribution in [-0.4, -0.2) is 23.8 Å². The zero-order chi connectivity index (χ0) is 18.6. The van der Waals surface area contributed by atoms with Gasteiger partial charge in [0.05, 0.1) is 5.56 Å². The summed E-state index contributed by atoms with van der Waals surface area (Å²) in [5.41, 5.74) is 8.25. The first-order chi connectivity index (χ1) is 11.8. The molecule has 130 valence electrons. The van der Waals surface area contributed by atoms with Crippen LogP contribution in [0.1, 0.15) is 40.1 Å². The lowest BCUT2D eigenvalue weighted by Crippen LogP contribution is -2.30. The van der Waals surface area contributed by atoms with E-state index in [0.29, 0.717) is 16.9 Å². The fraction of sp³-hybridized carbons (Fsp3) is 0.211. The third kappa shape index (κ3) is 4.44. The second-order valence-electron chi connectivity index (χ2n) is 5.71. The van der Waals surface area contributed by atoms with Crippen LogP contribution in [0.4, 0.5) is 11.4 Å². The molecule has 1 atom stereocenters. The number of aryl methyl sites for hydroxylation is 1. The molecule has 6 heteroatoms. The molecule has 0 aliphatic heterocycles. The molecule has 0 unspecified atom stereocenters. The molecular formula is C19H20N2O4. The van der Waals surface area contributed by atoms with E-state index in [1.165, 1.54) is 13.8 Å². The molecule has 0 bridgehead atoms. The average Bonchev–Trinajstić information content (AvgIpc) is 2.57. The van der Waals surface area contributed by atoms with Crippen molar-refractivity contribution in [2.75, 3.05) is 11.1 Å². The van der Waals surface area contributed by atoms with Crippen molar-refractivity contribution in [3.63, 3.8) is 0 Å². The average molecular weight is 340 g/mol. The number of Topliss-reactive ketones (excluding diaryl/α,β-unsaturated/α-hetero) is 1. The van der Waals surface area contributed by atoms with Gasteiger partial charge in [-0.15, -0.1) is 0 Å². The summed E-state index contributed by atoms with van der Waals surface area (Å²) in [7, 11) is 0. The first-order valence-electron chi connectivity index (χ1n) is 7.77. The van der Waals surface area contributed by atoms with Gasteiger partial charge in [0.25, 0.3) is 5.91 Å². The van der Waals surface area contributed by atoms with Crippen molar-refractivity contribution in [1.82, 2.24) is 0 Å². The van der Waals surface area contributed by atoms with Crippen LogP contribution in [0.5, 0.6) is 0 Å². The summed E-state index contributed by atoms with van der Waals surface area (Å²) in [5, 5.41) is 2.63. The summed E-state index contributed by atoms with van der Waals surface area (Å²) in [5.74, 6) is -1.19. The Hall–Kier alpha value is -3.15. The number of nitrogens with one attached hydrogen (secondary N) is 1. The number of carbonyl (C=O) groups excluding carboxylic acids is 3. The SMILES string of the molecule is CC(=O)c1ccc(NC(=O)[C@@H](C)OC(=O)c2cccc(C)c2N)cc1. The summed E-state index contributed by atoms with van der Waals surface area (Å²) in [6, 6.07) is 11.5. The fourth-order valence-corrected chi connectivity index (χ4v) is 2.17. The molecule has 0 aliphatic carbocycles. The van der Waals surface area contributed by atoms with Crippen LogP contribution in [0, 0.1) is 6.92 Å². The highest BCUT2D eigenvalue weighted by molar-refractivity contribution is 6.00. The van der Waals surface area contributed by atoms with E-state index in [-0.39, 0.29) is 11.3 Å². The monoisotopic (exact) mass is 340 g/mol. The summed E-state index contributed by atoms with van der Waals surface area (Å²) in [6.07, 6.45) is -1.00. The van der Waals surface area contributed by atoms with Gasteiger partial charge in [-0.1, -0.05) is 12.1 Å². The number of benzene rings is 2. The highest BCUT2D eigenvalue weighted by Crippen LogP contribution is 2.18. The Morgan fingerprint density at radius 2 is 1.72 bits per heavy atom. The van der Waals surface area contributed by atoms with Gasteiger partial charge in [0, 0.05) is 16.9 Å². The number of hydrogen-bond acceptors (Lipinski definition) is 5. The largest absolute Gasteiger partial charge is 0.449 e. The Bertz CT molecular complexity index is 813. The third-order valence-electron chi connectivity index (χ3n) is 3.76. The standard InChI is InChI=1S/C19H20N2O4/c1-11-5-4-6-16(17(11)20)19(24)25-13(3)18(23)21-15-9-7-14(8-10-15)12(2)22/h4-10,13H,20H2,1-3H3,(H,21,23)/t13-/m1/s1. The number of nitrogens with two attached hydrogens (primary N) is 1. The van der Waals surface area contributed by atoms with Crippen molar-refractivity contribution in [3.8, 4) is 0 Å². The topological polar surface area (TPSA) is 98.5 Å². The second-order valence-corrected chi connectivity index (χ2v) is 5.71. The lowest BCUT2D eigenvalue weighted by molar-refractivity contribution is -0.123. The lowest BCUT2D eigenvalue weighted by atomic mass is 10.1. The maximum atomic E-state index is 12.2. The lowest BCUT2D eigenvalue weighted by Gasteiger charge is -2.15. The molecule has 0 fully saturated rings. The highest BCUT2D eigenvalue weighted by atomic mass is 16.5. The van der Waals surface area contributed by atoms with Gasteiger partial charge in [0.2, 0.25) is 0 Å². The van der Waals surface area contributed by atoms with E-state index in [4.69, 9.17) is 10.5 Å². The molecule has 0 saturated heterocycles. The summed E-state index contributed by atoms with van der Waals surface area (Å²) < 4.78 is 5.18. The summed E-state index contributed by atoms with van der Waals surface area (Å²) in [6.45, 7) is 4.72. The van der Waals surface area contributed by atoms with Crippen LogP contribution >= 0.6 is 0 Å². The molecule has 2 aromatic rings. The number of esters is 1. The predicted molar refractivity (Wildman–Crippen MR) is 95.5 cm³/mol. The molecule has 0 radical (unpaired) electrons. The van der Waals surface area contributed by atoms with Gasteiger partial charge in [0.1, 0.15) is 0 Å². The van der Waals surface area contributed by atoms with E-state index < -0.39 is 18.0 Å². The Morgan fingerprint density at radius 3 is 2.32 bits per heavy atom. The number of rotatable bonds is 5. The molecule has 6 nitrogen and oxygen atoms in total. The quantitative estimate of drug-likeness (QED) is 0.495. The predicted octanol–water partition coefficient (Wildman–Crippen LogP) is 2.96. The number of anilines is 2.